The molecule has 2 N–H and O–H groups in total. The third kappa shape index (κ3) is 4.69. The second-order valence-electron chi connectivity index (χ2n) is 6.04. The number of methoxy groups -OCH3 is 1. The number of hydrogen-bond acceptors (Lipinski definition) is 4. The lowest BCUT2D eigenvalue weighted by Gasteiger charge is -2.16. The Bertz CT molecular complexity index is 936. The van der Waals surface area contributed by atoms with Crippen LogP contribution in [0.4, 0.5) is 0 Å². The molecule has 3 aromatic rings. The average molecular weight is 486 g/mol. The fourth-order valence-electron chi connectivity index (χ4n) is 2.85. The van der Waals surface area contributed by atoms with Gasteiger partial charge in [0.2, 0.25) is 0 Å². The monoisotopic (exact) mass is 486 g/mol. The molecule has 0 spiro atoms. The number of carbonyl (C=O) groups is 1. The number of aromatic hydroxyl groups is 1. The Balaban J connectivity index is 1.81. The number of amides is 1. The van der Waals surface area contributed by atoms with E-state index in [2.05, 4.69) is 10.5 Å². The summed E-state index contributed by atoms with van der Waals surface area (Å²) in [5.74, 6) is -0.258. The summed E-state index contributed by atoms with van der Waals surface area (Å²) in [7, 11) is 1.48. The zero-order valence-electron chi connectivity index (χ0n) is 15.2. The first kappa shape index (κ1) is 19.9. The van der Waals surface area contributed by atoms with Crippen molar-refractivity contribution in [3.8, 4) is 11.5 Å². The number of nitrogens with zero attached hydrogens (tertiary/aromatic N) is 1. The molecule has 0 atom stereocenters. The molecule has 0 fully saturated rings. The van der Waals surface area contributed by atoms with E-state index in [0.29, 0.717) is 14.9 Å². The highest BCUT2D eigenvalue weighted by molar-refractivity contribution is 14.1. The van der Waals surface area contributed by atoms with Crippen molar-refractivity contribution in [1.29, 1.82) is 0 Å². The van der Waals surface area contributed by atoms with Crippen LogP contribution in [0, 0.1) is 3.57 Å². The second-order valence-corrected chi connectivity index (χ2v) is 7.20. The van der Waals surface area contributed by atoms with E-state index < -0.39 is 5.92 Å². The lowest BCUT2D eigenvalue weighted by molar-refractivity contribution is -0.121. The summed E-state index contributed by atoms with van der Waals surface area (Å²) >= 11 is 2.01. The number of ether oxygens (including phenoxy) is 1. The molecule has 3 rings (SSSR count). The van der Waals surface area contributed by atoms with Gasteiger partial charge in [-0.3, -0.25) is 4.79 Å². The number of halogens is 1. The zero-order chi connectivity index (χ0) is 19.9. The van der Waals surface area contributed by atoms with Crippen LogP contribution in [0.25, 0.3) is 0 Å². The molecule has 28 heavy (non-hydrogen) atoms. The smallest absolute Gasteiger partial charge is 0.252 e. The van der Waals surface area contributed by atoms with Gasteiger partial charge < -0.3 is 9.84 Å². The summed E-state index contributed by atoms with van der Waals surface area (Å²) in [6.45, 7) is 0. The Morgan fingerprint density at radius 2 is 1.64 bits per heavy atom. The first-order valence-corrected chi connectivity index (χ1v) is 9.67. The molecule has 0 aromatic heterocycles. The van der Waals surface area contributed by atoms with Crippen molar-refractivity contribution in [2.45, 2.75) is 5.92 Å². The largest absolute Gasteiger partial charge is 0.504 e. The van der Waals surface area contributed by atoms with E-state index in [1.165, 1.54) is 13.3 Å². The Kier molecular flexibility index (Phi) is 6.65. The van der Waals surface area contributed by atoms with Crippen LogP contribution in [0.5, 0.6) is 11.5 Å². The van der Waals surface area contributed by atoms with Crippen LogP contribution in [0.2, 0.25) is 0 Å². The van der Waals surface area contributed by atoms with Crippen molar-refractivity contribution in [2.24, 2.45) is 5.10 Å². The molecule has 0 aliphatic heterocycles. The normalized spacial score (nSPS) is 11.0. The van der Waals surface area contributed by atoms with Gasteiger partial charge in [-0.1, -0.05) is 60.7 Å². The molecule has 6 heteroatoms. The van der Waals surface area contributed by atoms with Crippen molar-refractivity contribution in [1.82, 2.24) is 5.43 Å². The van der Waals surface area contributed by atoms with E-state index in [1.807, 2.05) is 83.3 Å². The Morgan fingerprint density at radius 1 is 1.07 bits per heavy atom. The predicted molar refractivity (Wildman–Crippen MR) is 118 cm³/mol. The van der Waals surface area contributed by atoms with E-state index in [4.69, 9.17) is 4.74 Å². The minimum atomic E-state index is -0.464. The summed E-state index contributed by atoms with van der Waals surface area (Å²) in [5.41, 5.74) is 5.11. The topological polar surface area (TPSA) is 70.9 Å². The molecule has 0 unspecified atom stereocenters. The SMILES string of the molecule is COc1cc(/C=N/NC(=O)C(c2ccccc2)c2ccccc2)cc(I)c1O. The number of phenols is 1. The highest BCUT2D eigenvalue weighted by Gasteiger charge is 2.22. The van der Waals surface area contributed by atoms with Gasteiger partial charge in [0.25, 0.3) is 5.91 Å². The lowest BCUT2D eigenvalue weighted by Crippen LogP contribution is -2.26. The third-order valence-electron chi connectivity index (χ3n) is 4.19. The third-order valence-corrected chi connectivity index (χ3v) is 5.01. The van der Waals surface area contributed by atoms with E-state index >= 15 is 0 Å². The van der Waals surface area contributed by atoms with E-state index in [0.717, 1.165) is 11.1 Å². The van der Waals surface area contributed by atoms with Crippen LogP contribution in [-0.4, -0.2) is 24.3 Å². The molecule has 0 radical (unpaired) electrons. The minimum Gasteiger partial charge on any atom is -0.504 e. The molecule has 0 aliphatic rings. The van der Waals surface area contributed by atoms with Crippen molar-refractivity contribution in [3.05, 3.63) is 93.1 Å². The van der Waals surface area contributed by atoms with Crippen molar-refractivity contribution in [3.63, 3.8) is 0 Å². The van der Waals surface area contributed by atoms with E-state index in [-0.39, 0.29) is 11.7 Å². The maximum atomic E-state index is 12.9. The first-order valence-electron chi connectivity index (χ1n) is 8.59. The van der Waals surface area contributed by atoms with Gasteiger partial charge in [-0.2, -0.15) is 5.10 Å². The van der Waals surface area contributed by atoms with Crippen molar-refractivity contribution < 1.29 is 14.6 Å². The molecule has 0 saturated carbocycles. The van der Waals surface area contributed by atoms with Gasteiger partial charge in [-0.25, -0.2) is 5.43 Å². The number of nitrogens with one attached hydrogen (secondary N) is 1. The van der Waals surface area contributed by atoms with Gasteiger partial charge in [-0.15, -0.1) is 0 Å². The molecule has 1 amide bonds. The van der Waals surface area contributed by atoms with Crippen LogP contribution >= 0.6 is 22.6 Å². The van der Waals surface area contributed by atoms with E-state index in [9.17, 15) is 9.90 Å². The highest BCUT2D eigenvalue weighted by atomic mass is 127. The summed E-state index contributed by atoms with van der Waals surface area (Å²) < 4.78 is 5.78. The fraction of sp³-hybridized carbons (Fsp3) is 0.0909. The molecule has 0 aliphatic carbocycles. The molecule has 0 saturated heterocycles. The number of hydrazone groups is 1. The second kappa shape index (κ2) is 9.36. The van der Waals surface area contributed by atoms with Gasteiger partial charge in [0.05, 0.1) is 22.8 Å². The van der Waals surface area contributed by atoms with Gasteiger partial charge in [0, 0.05) is 0 Å². The van der Waals surface area contributed by atoms with Gasteiger partial charge in [0.15, 0.2) is 11.5 Å². The quantitative estimate of drug-likeness (QED) is 0.311. The molecule has 142 valence electrons. The molecule has 0 heterocycles. The highest BCUT2D eigenvalue weighted by Crippen LogP contribution is 2.31. The van der Waals surface area contributed by atoms with Crippen LogP contribution in [0.15, 0.2) is 77.9 Å². The molecular formula is C22H19IN2O3. The van der Waals surface area contributed by atoms with Gasteiger partial charge in [0.1, 0.15) is 0 Å². The molecular weight excluding hydrogens is 467 g/mol. The molecule has 3 aromatic carbocycles. The van der Waals surface area contributed by atoms with Crippen molar-refractivity contribution in [2.75, 3.05) is 7.11 Å². The number of benzene rings is 3. The Labute approximate surface area is 177 Å². The summed E-state index contributed by atoms with van der Waals surface area (Å²) in [6.07, 6.45) is 1.52. The predicted octanol–water partition coefficient (Wildman–Crippen LogP) is 4.29. The maximum absolute atomic E-state index is 12.9. The molecule has 5 nitrogen and oxygen atoms in total. The average Bonchev–Trinajstić information content (AvgIpc) is 2.72. The lowest BCUT2D eigenvalue weighted by atomic mass is 9.91. The Morgan fingerprint density at radius 3 is 2.18 bits per heavy atom. The molecule has 0 bridgehead atoms. The van der Waals surface area contributed by atoms with Crippen LogP contribution in [0.3, 0.4) is 0 Å². The fourth-order valence-corrected chi connectivity index (χ4v) is 3.47. The Hall–Kier alpha value is -2.87. The minimum absolute atomic E-state index is 0.0810. The number of rotatable bonds is 6. The van der Waals surface area contributed by atoms with Crippen LogP contribution < -0.4 is 10.2 Å². The van der Waals surface area contributed by atoms with Crippen LogP contribution in [-0.2, 0) is 4.79 Å². The summed E-state index contributed by atoms with van der Waals surface area (Å²) in [5, 5.41) is 14.0. The summed E-state index contributed by atoms with van der Waals surface area (Å²) in [4.78, 5) is 12.9. The van der Waals surface area contributed by atoms with Crippen LogP contribution in [0.1, 0.15) is 22.6 Å². The summed E-state index contributed by atoms with van der Waals surface area (Å²) in [6, 6.07) is 22.6. The van der Waals surface area contributed by atoms with Gasteiger partial charge in [-0.05, 0) is 51.4 Å². The maximum Gasteiger partial charge on any atom is 0.252 e. The standard InChI is InChI=1S/C22H19IN2O3/c1-28-19-13-15(12-18(23)21(19)26)14-24-25-22(27)20(16-8-4-2-5-9-16)17-10-6-3-7-11-17/h2-14,20,26H,1H3,(H,25,27)/b24-14+. The number of carbonyl (C=O) groups excluding carboxylic acids is 1. The number of hydrogen-bond donors (Lipinski definition) is 2. The first-order chi connectivity index (χ1) is 13.6. The van der Waals surface area contributed by atoms with Gasteiger partial charge >= 0.3 is 0 Å². The van der Waals surface area contributed by atoms with E-state index in [1.54, 1.807) is 12.1 Å². The zero-order valence-corrected chi connectivity index (χ0v) is 17.3. The van der Waals surface area contributed by atoms with Crippen molar-refractivity contribution >= 4 is 34.7 Å². The number of phenolic OH excluding ortho intramolecular Hbond substituents is 1.